The van der Waals surface area contributed by atoms with Crippen LogP contribution in [0.2, 0.25) is 0 Å². The zero-order valence-electron chi connectivity index (χ0n) is 22.3. The molecule has 5 heteroatoms. The number of amides is 1. The van der Waals surface area contributed by atoms with Crippen LogP contribution in [0.3, 0.4) is 0 Å². The molecule has 1 aromatic heterocycles. The number of ether oxygens (including phenoxy) is 2. The molecule has 35 heavy (non-hydrogen) atoms. The normalized spacial score (nSPS) is 46.1. The number of methoxy groups -OCH3 is 1. The first-order valence-electron chi connectivity index (χ1n) is 14.1. The van der Waals surface area contributed by atoms with Gasteiger partial charge in [-0.05, 0) is 104 Å². The highest BCUT2D eigenvalue weighted by Crippen LogP contribution is 2.82. The van der Waals surface area contributed by atoms with Gasteiger partial charge < -0.3 is 14.8 Å². The van der Waals surface area contributed by atoms with E-state index in [0.717, 1.165) is 23.7 Å². The van der Waals surface area contributed by atoms with Crippen molar-refractivity contribution in [1.82, 2.24) is 10.3 Å². The van der Waals surface area contributed by atoms with Gasteiger partial charge in [0.1, 0.15) is 5.69 Å². The van der Waals surface area contributed by atoms with Gasteiger partial charge in [0, 0.05) is 25.6 Å². The molecule has 5 nitrogen and oxygen atoms in total. The van der Waals surface area contributed by atoms with Crippen LogP contribution >= 0.6 is 0 Å². The maximum Gasteiger partial charge on any atom is 0.269 e. The standard InChI is InChI=1S/C30H44N2O3/c1-18(17-35-26-8-6-7-24(32-26)27(33)31-4)21-9-10-22-20-15-25(34-5)30-16-19(30)11-14-29(30,3)23(20)12-13-28(21,22)2/h6-8,18-23,25H,9-17H2,1-5H3,(H,31,33)/t18?,19-,20+,21-,22+,23+,25?,28-,29-,30+/m1/s1. The third-order valence-electron chi connectivity index (χ3n) is 12.3. The molecule has 0 aromatic carbocycles. The maximum absolute atomic E-state index is 11.9. The molecule has 1 aromatic rings. The summed E-state index contributed by atoms with van der Waals surface area (Å²) in [5, 5.41) is 2.64. The van der Waals surface area contributed by atoms with E-state index >= 15 is 0 Å². The smallest absolute Gasteiger partial charge is 0.269 e. The fraction of sp³-hybridized carbons (Fsp3) is 0.800. The van der Waals surface area contributed by atoms with E-state index in [1.54, 1.807) is 13.1 Å². The number of hydrogen-bond donors (Lipinski definition) is 1. The number of rotatable bonds is 6. The summed E-state index contributed by atoms with van der Waals surface area (Å²) in [7, 11) is 3.61. The molecule has 2 unspecified atom stereocenters. The molecule has 1 amide bonds. The minimum atomic E-state index is -0.177. The van der Waals surface area contributed by atoms with Crippen molar-refractivity contribution in [3.8, 4) is 5.88 Å². The Kier molecular flexibility index (Phi) is 5.56. The van der Waals surface area contributed by atoms with E-state index in [2.05, 4.69) is 31.1 Å². The lowest BCUT2D eigenvalue weighted by atomic mass is 9.45. The van der Waals surface area contributed by atoms with Crippen LogP contribution in [0, 0.1) is 51.8 Å². The summed E-state index contributed by atoms with van der Waals surface area (Å²) in [6, 6.07) is 5.44. The lowest BCUT2D eigenvalue weighted by Crippen LogP contribution is -2.57. The molecule has 6 rings (SSSR count). The van der Waals surface area contributed by atoms with E-state index in [1.165, 1.54) is 51.4 Å². The molecule has 5 fully saturated rings. The van der Waals surface area contributed by atoms with Gasteiger partial charge in [0.05, 0.1) is 12.7 Å². The highest BCUT2D eigenvalue weighted by atomic mass is 16.5. The Labute approximate surface area is 211 Å². The molecule has 0 radical (unpaired) electrons. The third kappa shape index (κ3) is 3.22. The predicted molar refractivity (Wildman–Crippen MR) is 136 cm³/mol. The van der Waals surface area contributed by atoms with Crippen molar-refractivity contribution in [3.63, 3.8) is 0 Å². The molecular weight excluding hydrogens is 436 g/mol. The number of carbonyl (C=O) groups is 1. The van der Waals surface area contributed by atoms with Gasteiger partial charge in [-0.1, -0.05) is 26.8 Å². The van der Waals surface area contributed by atoms with Crippen molar-refractivity contribution in [2.75, 3.05) is 20.8 Å². The first kappa shape index (κ1) is 23.8. The molecule has 5 aliphatic rings. The Balaban J connectivity index is 1.17. The van der Waals surface area contributed by atoms with Crippen molar-refractivity contribution in [1.29, 1.82) is 0 Å². The summed E-state index contributed by atoms with van der Waals surface area (Å²) in [4.78, 5) is 16.4. The molecule has 1 N–H and O–H groups in total. The van der Waals surface area contributed by atoms with Gasteiger partial charge in [0.2, 0.25) is 5.88 Å². The zero-order chi connectivity index (χ0) is 24.6. The highest BCUT2D eigenvalue weighted by Gasteiger charge is 2.77. The number of aromatic nitrogens is 1. The molecule has 5 aliphatic carbocycles. The number of nitrogens with zero attached hydrogens (tertiary/aromatic N) is 1. The summed E-state index contributed by atoms with van der Waals surface area (Å²) in [5.41, 5.74) is 1.80. The van der Waals surface area contributed by atoms with Crippen LogP contribution in [0.1, 0.15) is 82.6 Å². The minimum Gasteiger partial charge on any atom is -0.477 e. The summed E-state index contributed by atoms with van der Waals surface area (Å²) < 4.78 is 12.4. The monoisotopic (exact) mass is 480 g/mol. The molecule has 5 saturated carbocycles. The van der Waals surface area contributed by atoms with Crippen LogP contribution in [0.15, 0.2) is 18.2 Å². The summed E-state index contributed by atoms with van der Waals surface area (Å²) >= 11 is 0. The Morgan fingerprint density at radius 1 is 1.17 bits per heavy atom. The lowest BCUT2D eigenvalue weighted by Gasteiger charge is -2.61. The molecule has 0 bridgehead atoms. The van der Waals surface area contributed by atoms with E-state index in [9.17, 15) is 4.79 Å². The second-order valence-corrected chi connectivity index (χ2v) is 13.2. The fourth-order valence-electron chi connectivity index (χ4n) is 10.6. The third-order valence-corrected chi connectivity index (χ3v) is 12.3. The average Bonchev–Trinajstić information content (AvgIpc) is 3.38. The van der Waals surface area contributed by atoms with Gasteiger partial charge >= 0.3 is 0 Å². The predicted octanol–water partition coefficient (Wildman–Crippen LogP) is 5.74. The van der Waals surface area contributed by atoms with Crippen LogP contribution in [0.4, 0.5) is 0 Å². The van der Waals surface area contributed by atoms with E-state index < -0.39 is 0 Å². The summed E-state index contributed by atoms with van der Waals surface area (Å²) in [6.07, 6.45) is 11.5. The van der Waals surface area contributed by atoms with Crippen LogP contribution in [0.25, 0.3) is 0 Å². The molecule has 1 spiro atoms. The van der Waals surface area contributed by atoms with Crippen molar-refractivity contribution in [3.05, 3.63) is 23.9 Å². The van der Waals surface area contributed by atoms with Gasteiger partial charge in [-0.25, -0.2) is 4.98 Å². The largest absolute Gasteiger partial charge is 0.477 e. The first-order chi connectivity index (χ1) is 16.8. The SMILES string of the molecule is CNC(=O)c1cccc(OCC(C)[C@H]2CC[C@H]3[C@@H]4CC(OC)[C@]56C[C@H]5CC[C@]6(C)[C@H]4CC[C@]23C)n1. The summed E-state index contributed by atoms with van der Waals surface area (Å²) in [6.45, 7) is 8.30. The molecule has 0 saturated heterocycles. The minimum absolute atomic E-state index is 0.177. The second-order valence-electron chi connectivity index (χ2n) is 13.2. The van der Waals surface area contributed by atoms with E-state index in [4.69, 9.17) is 9.47 Å². The lowest BCUT2D eigenvalue weighted by molar-refractivity contribution is -0.161. The van der Waals surface area contributed by atoms with Crippen LogP contribution in [-0.4, -0.2) is 37.8 Å². The number of carbonyl (C=O) groups excluding carboxylic acids is 1. The first-order valence-corrected chi connectivity index (χ1v) is 14.1. The quantitative estimate of drug-likeness (QED) is 0.564. The number of nitrogens with one attached hydrogen (secondary N) is 1. The Hall–Kier alpha value is -1.62. The van der Waals surface area contributed by atoms with E-state index in [1.807, 2.05) is 19.2 Å². The summed E-state index contributed by atoms with van der Waals surface area (Å²) in [5.74, 6) is 4.98. The van der Waals surface area contributed by atoms with Crippen molar-refractivity contribution in [2.24, 2.45) is 51.8 Å². The topological polar surface area (TPSA) is 60.5 Å². The molecule has 1 heterocycles. The van der Waals surface area contributed by atoms with E-state index in [-0.39, 0.29) is 5.91 Å². The van der Waals surface area contributed by atoms with Crippen LogP contribution in [-0.2, 0) is 4.74 Å². The average molecular weight is 481 g/mol. The molecular formula is C30H44N2O3. The van der Waals surface area contributed by atoms with Crippen LogP contribution in [0.5, 0.6) is 5.88 Å². The number of hydrogen-bond acceptors (Lipinski definition) is 4. The molecule has 10 atom stereocenters. The maximum atomic E-state index is 11.9. The zero-order valence-corrected chi connectivity index (χ0v) is 22.3. The second kappa shape index (κ2) is 8.19. The van der Waals surface area contributed by atoms with Gasteiger partial charge in [0.15, 0.2) is 0 Å². The number of fused-ring (bicyclic) bond motifs is 4. The van der Waals surface area contributed by atoms with Crippen molar-refractivity contribution >= 4 is 5.91 Å². The fourth-order valence-corrected chi connectivity index (χ4v) is 10.6. The van der Waals surface area contributed by atoms with E-state index in [0.29, 0.717) is 52.4 Å². The molecule has 0 aliphatic heterocycles. The van der Waals surface area contributed by atoms with Gasteiger partial charge in [-0.3, -0.25) is 4.79 Å². The Bertz CT molecular complexity index is 998. The van der Waals surface area contributed by atoms with Crippen LogP contribution < -0.4 is 10.1 Å². The van der Waals surface area contributed by atoms with Crippen molar-refractivity contribution in [2.45, 2.75) is 78.2 Å². The Morgan fingerprint density at radius 3 is 2.74 bits per heavy atom. The molecule has 192 valence electrons. The highest BCUT2D eigenvalue weighted by molar-refractivity contribution is 5.92. The number of pyridine rings is 1. The van der Waals surface area contributed by atoms with Gasteiger partial charge in [-0.2, -0.15) is 0 Å². The van der Waals surface area contributed by atoms with Gasteiger partial charge in [-0.15, -0.1) is 0 Å². The Morgan fingerprint density at radius 2 is 2.00 bits per heavy atom. The van der Waals surface area contributed by atoms with Crippen molar-refractivity contribution < 1.29 is 14.3 Å². The van der Waals surface area contributed by atoms with Gasteiger partial charge in [0.25, 0.3) is 5.91 Å².